The SMILES string of the molecule is COc1cccc(C(=O)Nc2ccc3c(c2)NC(=O)C(C)O3)c1. The monoisotopic (exact) mass is 312 g/mol. The first-order chi connectivity index (χ1) is 11.1. The van der Waals surface area contributed by atoms with Gasteiger partial charge in [0.05, 0.1) is 12.8 Å². The van der Waals surface area contributed by atoms with Crippen LogP contribution in [0.4, 0.5) is 11.4 Å². The maximum absolute atomic E-state index is 12.3. The van der Waals surface area contributed by atoms with Gasteiger partial charge in [0.15, 0.2) is 6.10 Å². The Morgan fingerprint density at radius 3 is 2.87 bits per heavy atom. The molecule has 6 heteroatoms. The number of methoxy groups -OCH3 is 1. The zero-order chi connectivity index (χ0) is 16.4. The van der Waals surface area contributed by atoms with Crippen LogP contribution in [0.1, 0.15) is 17.3 Å². The summed E-state index contributed by atoms with van der Waals surface area (Å²) < 4.78 is 10.6. The number of rotatable bonds is 3. The third-order valence-electron chi connectivity index (χ3n) is 3.50. The molecule has 2 aromatic rings. The van der Waals surface area contributed by atoms with Crippen LogP contribution in [0.5, 0.6) is 11.5 Å². The average molecular weight is 312 g/mol. The highest BCUT2D eigenvalue weighted by atomic mass is 16.5. The van der Waals surface area contributed by atoms with Gasteiger partial charge in [-0.25, -0.2) is 0 Å². The van der Waals surface area contributed by atoms with Crippen molar-refractivity contribution in [2.75, 3.05) is 17.7 Å². The van der Waals surface area contributed by atoms with Crippen molar-refractivity contribution in [3.05, 3.63) is 48.0 Å². The summed E-state index contributed by atoms with van der Waals surface area (Å²) in [5.74, 6) is 0.711. The lowest BCUT2D eigenvalue weighted by atomic mass is 10.1. The van der Waals surface area contributed by atoms with E-state index in [1.807, 2.05) is 0 Å². The van der Waals surface area contributed by atoms with E-state index in [1.165, 1.54) is 0 Å². The van der Waals surface area contributed by atoms with Gasteiger partial charge in [0, 0.05) is 11.3 Å². The Kier molecular flexibility index (Phi) is 3.89. The topological polar surface area (TPSA) is 76.7 Å². The maximum atomic E-state index is 12.3. The highest BCUT2D eigenvalue weighted by molar-refractivity contribution is 6.05. The van der Waals surface area contributed by atoms with Crippen LogP contribution >= 0.6 is 0 Å². The minimum atomic E-state index is -0.528. The number of hydrogen-bond donors (Lipinski definition) is 2. The number of benzene rings is 2. The van der Waals surface area contributed by atoms with Crippen molar-refractivity contribution in [1.82, 2.24) is 0 Å². The quantitative estimate of drug-likeness (QED) is 0.913. The van der Waals surface area contributed by atoms with E-state index in [9.17, 15) is 9.59 Å². The number of carbonyl (C=O) groups excluding carboxylic acids is 2. The molecule has 1 aliphatic heterocycles. The van der Waals surface area contributed by atoms with Crippen LogP contribution in [0.15, 0.2) is 42.5 Å². The van der Waals surface area contributed by atoms with Crippen LogP contribution in [0.3, 0.4) is 0 Å². The summed E-state index contributed by atoms with van der Waals surface area (Å²) >= 11 is 0. The molecule has 1 aliphatic rings. The largest absolute Gasteiger partial charge is 0.497 e. The zero-order valence-electron chi connectivity index (χ0n) is 12.8. The summed E-state index contributed by atoms with van der Waals surface area (Å²) in [7, 11) is 1.55. The summed E-state index contributed by atoms with van der Waals surface area (Å²) in [6.45, 7) is 1.68. The molecule has 23 heavy (non-hydrogen) atoms. The van der Waals surface area contributed by atoms with E-state index in [-0.39, 0.29) is 11.8 Å². The normalized spacial score (nSPS) is 15.9. The number of fused-ring (bicyclic) bond motifs is 1. The van der Waals surface area contributed by atoms with Crippen LogP contribution in [0.2, 0.25) is 0 Å². The van der Waals surface area contributed by atoms with Crippen molar-refractivity contribution in [2.24, 2.45) is 0 Å². The smallest absolute Gasteiger partial charge is 0.265 e. The van der Waals surface area contributed by atoms with E-state index in [0.717, 1.165) is 0 Å². The molecule has 2 amide bonds. The molecule has 0 spiro atoms. The van der Waals surface area contributed by atoms with Crippen molar-refractivity contribution < 1.29 is 19.1 Å². The van der Waals surface area contributed by atoms with Crippen molar-refractivity contribution in [3.63, 3.8) is 0 Å². The summed E-state index contributed by atoms with van der Waals surface area (Å²) in [4.78, 5) is 23.9. The Balaban J connectivity index is 1.79. The van der Waals surface area contributed by atoms with E-state index < -0.39 is 6.10 Å². The van der Waals surface area contributed by atoms with Crippen molar-refractivity contribution in [2.45, 2.75) is 13.0 Å². The number of amides is 2. The number of nitrogens with one attached hydrogen (secondary N) is 2. The van der Waals surface area contributed by atoms with E-state index in [1.54, 1.807) is 56.5 Å². The van der Waals surface area contributed by atoms with E-state index in [2.05, 4.69) is 10.6 Å². The first-order valence-corrected chi connectivity index (χ1v) is 7.14. The maximum Gasteiger partial charge on any atom is 0.265 e. The lowest BCUT2D eigenvalue weighted by molar-refractivity contribution is -0.122. The Hall–Kier alpha value is -3.02. The Labute approximate surface area is 133 Å². The van der Waals surface area contributed by atoms with Crippen LogP contribution < -0.4 is 20.1 Å². The highest BCUT2D eigenvalue weighted by Crippen LogP contribution is 2.32. The third kappa shape index (κ3) is 3.11. The molecular weight excluding hydrogens is 296 g/mol. The minimum Gasteiger partial charge on any atom is -0.497 e. The Bertz CT molecular complexity index is 773. The molecule has 118 valence electrons. The van der Waals surface area contributed by atoms with Crippen molar-refractivity contribution in [1.29, 1.82) is 0 Å². The molecule has 0 radical (unpaired) electrons. The fraction of sp³-hybridized carbons (Fsp3) is 0.176. The molecule has 3 rings (SSSR count). The predicted molar refractivity (Wildman–Crippen MR) is 86.1 cm³/mol. The number of anilines is 2. The number of ether oxygens (including phenoxy) is 2. The second-order valence-electron chi connectivity index (χ2n) is 5.15. The van der Waals surface area contributed by atoms with Gasteiger partial charge in [-0.3, -0.25) is 9.59 Å². The fourth-order valence-corrected chi connectivity index (χ4v) is 2.25. The van der Waals surface area contributed by atoms with Crippen molar-refractivity contribution in [3.8, 4) is 11.5 Å². The first-order valence-electron chi connectivity index (χ1n) is 7.14. The molecular formula is C17H16N2O4. The number of hydrogen-bond acceptors (Lipinski definition) is 4. The molecule has 6 nitrogen and oxygen atoms in total. The zero-order valence-corrected chi connectivity index (χ0v) is 12.8. The van der Waals surface area contributed by atoms with E-state index in [4.69, 9.17) is 9.47 Å². The molecule has 1 atom stereocenters. The summed E-state index contributed by atoms with van der Waals surface area (Å²) in [6, 6.07) is 12.0. The lowest BCUT2D eigenvalue weighted by Gasteiger charge is -2.23. The van der Waals surface area contributed by atoms with Crippen molar-refractivity contribution >= 4 is 23.2 Å². The van der Waals surface area contributed by atoms with Crippen LogP contribution in [0.25, 0.3) is 0 Å². The Morgan fingerprint density at radius 1 is 1.26 bits per heavy atom. The van der Waals surface area contributed by atoms with Gasteiger partial charge in [-0.1, -0.05) is 6.07 Å². The first kappa shape index (κ1) is 14.9. The molecule has 0 saturated carbocycles. The molecule has 0 fully saturated rings. The van der Waals surface area contributed by atoms with E-state index in [0.29, 0.717) is 28.4 Å². The van der Waals surface area contributed by atoms with Gasteiger partial charge in [0.2, 0.25) is 0 Å². The third-order valence-corrected chi connectivity index (χ3v) is 3.50. The Morgan fingerprint density at radius 2 is 2.09 bits per heavy atom. The van der Waals surface area contributed by atoms with Crippen LogP contribution in [0, 0.1) is 0 Å². The highest BCUT2D eigenvalue weighted by Gasteiger charge is 2.23. The average Bonchev–Trinajstić information content (AvgIpc) is 2.56. The summed E-state index contributed by atoms with van der Waals surface area (Å²) in [6.07, 6.45) is -0.528. The molecule has 1 heterocycles. The molecule has 0 aromatic heterocycles. The molecule has 0 bridgehead atoms. The second kappa shape index (κ2) is 6.00. The molecule has 2 aromatic carbocycles. The van der Waals surface area contributed by atoms with Gasteiger partial charge in [-0.2, -0.15) is 0 Å². The summed E-state index contributed by atoms with van der Waals surface area (Å²) in [5, 5.41) is 5.53. The molecule has 0 aliphatic carbocycles. The molecule has 1 unspecified atom stereocenters. The molecule has 2 N–H and O–H groups in total. The molecule has 0 saturated heterocycles. The minimum absolute atomic E-state index is 0.214. The van der Waals surface area contributed by atoms with Gasteiger partial charge in [-0.05, 0) is 43.3 Å². The number of carbonyl (C=O) groups is 2. The van der Waals surface area contributed by atoms with Gasteiger partial charge in [-0.15, -0.1) is 0 Å². The van der Waals surface area contributed by atoms with E-state index >= 15 is 0 Å². The summed E-state index contributed by atoms with van der Waals surface area (Å²) in [5.41, 5.74) is 1.59. The van der Waals surface area contributed by atoms with Crippen LogP contribution in [-0.4, -0.2) is 25.0 Å². The van der Waals surface area contributed by atoms with Gasteiger partial charge < -0.3 is 20.1 Å². The lowest BCUT2D eigenvalue weighted by Crippen LogP contribution is -2.34. The van der Waals surface area contributed by atoms with Gasteiger partial charge >= 0.3 is 0 Å². The van der Waals surface area contributed by atoms with Crippen LogP contribution in [-0.2, 0) is 4.79 Å². The fourth-order valence-electron chi connectivity index (χ4n) is 2.25. The predicted octanol–water partition coefficient (Wildman–Crippen LogP) is 2.67. The van der Waals surface area contributed by atoms with Gasteiger partial charge in [0.25, 0.3) is 11.8 Å². The second-order valence-corrected chi connectivity index (χ2v) is 5.15. The standard InChI is InChI=1S/C17H16N2O4/c1-10-16(20)19-14-9-12(6-7-15(14)23-10)18-17(21)11-4-3-5-13(8-11)22-2/h3-10H,1-2H3,(H,18,21)(H,19,20). The van der Waals surface area contributed by atoms with Gasteiger partial charge in [0.1, 0.15) is 11.5 Å².